The van der Waals surface area contributed by atoms with E-state index in [2.05, 4.69) is 4.99 Å². The van der Waals surface area contributed by atoms with Crippen LogP contribution in [0.2, 0.25) is 0 Å². The van der Waals surface area contributed by atoms with Gasteiger partial charge < -0.3 is 5.11 Å². The summed E-state index contributed by atoms with van der Waals surface area (Å²) >= 11 is 0. The fraction of sp³-hybridized carbons (Fsp3) is 0.125. The van der Waals surface area contributed by atoms with Crippen LogP contribution in [0.25, 0.3) is 0 Å². The highest BCUT2D eigenvalue weighted by Gasteiger charge is 2.00. The molecule has 0 bridgehead atoms. The number of phenolic OH excluding ortho intramolecular Hbond substituents is 1. The van der Waals surface area contributed by atoms with Gasteiger partial charge in [-0.25, -0.2) is 0 Å². The highest BCUT2D eigenvalue weighted by molar-refractivity contribution is 7.85. The summed E-state index contributed by atoms with van der Waals surface area (Å²) in [6.07, 6.45) is 1.18. The zero-order valence-electron chi connectivity index (χ0n) is 7.16. The third-order valence-corrected chi connectivity index (χ3v) is 1.88. The first kappa shape index (κ1) is 10.7. The van der Waals surface area contributed by atoms with Gasteiger partial charge in [-0.15, -0.1) is 0 Å². The molecule has 0 heterocycles. The average molecular weight is 215 g/mol. The lowest BCUT2D eigenvalue weighted by atomic mass is 10.2. The molecule has 2 N–H and O–H groups in total. The number of aromatic hydroxyl groups is 1. The van der Waals surface area contributed by atoms with Crippen LogP contribution in [0.15, 0.2) is 29.3 Å². The van der Waals surface area contributed by atoms with Crippen LogP contribution in [-0.4, -0.2) is 30.2 Å². The lowest BCUT2D eigenvalue weighted by Gasteiger charge is -1.95. The van der Waals surface area contributed by atoms with Crippen LogP contribution >= 0.6 is 0 Å². The molecule has 0 unspecified atom stereocenters. The van der Waals surface area contributed by atoms with Crippen LogP contribution < -0.4 is 0 Å². The van der Waals surface area contributed by atoms with Crippen LogP contribution in [-0.2, 0) is 10.1 Å². The number of hydrogen-bond acceptors (Lipinski definition) is 4. The Hall–Kier alpha value is -1.40. The number of nitrogens with zero attached hydrogens (tertiary/aromatic N) is 1. The number of benzene rings is 1. The van der Waals surface area contributed by atoms with Crippen molar-refractivity contribution < 1.29 is 18.1 Å². The molecular weight excluding hydrogens is 206 g/mol. The van der Waals surface area contributed by atoms with Crippen LogP contribution in [0.5, 0.6) is 5.75 Å². The molecule has 0 saturated heterocycles. The van der Waals surface area contributed by atoms with Crippen LogP contribution in [0, 0.1) is 0 Å². The molecule has 0 fully saturated rings. The number of phenols is 1. The van der Waals surface area contributed by atoms with Gasteiger partial charge in [0.25, 0.3) is 10.1 Å². The summed E-state index contributed by atoms with van der Waals surface area (Å²) in [5.74, 6) is -0.701. The summed E-state index contributed by atoms with van der Waals surface area (Å²) in [6, 6.07) is 6.33. The van der Waals surface area contributed by atoms with E-state index in [4.69, 9.17) is 4.55 Å². The second-order valence-corrected chi connectivity index (χ2v) is 4.00. The highest BCUT2D eigenvalue weighted by atomic mass is 32.2. The summed E-state index contributed by atoms with van der Waals surface area (Å²) in [6.45, 7) is 0. The van der Waals surface area contributed by atoms with Gasteiger partial charge in [-0.3, -0.25) is 9.55 Å². The molecule has 1 aromatic rings. The Morgan fingerprint density at radius 1 is 1.36 bits per heavy atom. The van der Waals surface area contributed by atoms with Crippen molar-refractivity contribution in [3.05, 3.63) is 29.8 Å². The topological polar surface area (TPSA) is 87.0 Å². The van der Waals surface area contributed by atoms with Crippen LogP contribution in [0.3, 0.4) is 0 Å². The quantitative estimate of drug-likeness (QED) is 0.572. The summed E-state index contributed by atoms with van der Waals surface area (Å²) in [5.41, 5.74) is 0.399. The van der Waals surface area contributed by atoms with E-state index in [1.807, 2.05) is 0 Å². The van der Waals surface area contributed by atoms with E-state index in [0.29, 0.717) is 5.56 Å². The molecular formula is C8H9NO4S. The fourth-order valence-electron chi connectivity index (χ4n) is 0.827. The molecule has 1 aromatic carbocycles. The van der Waals surface area contributed by atoms with Gasteiger partial charge in [0, 0.05) is 11.8 Å². The van der Waals surface area contributed by atoms with Crippen LogP contribution in [0.1, 0.15) is 5.56 Å². The first-order valence-electron chi connectivity index (χ1n) is 3.72. The standard InChI is InChI=1S/C8H9NO4S/c10-8-4-2-1-3-7(8)5-9-6-14(11,12)13/h1-5,10H,6H2,(H,11,12,13)/b9-5+. The molecule has 0 spiro atoms. The van der Waals surface area contributed by atoms with Gasteiger partial charge in [-0.05, 0) is 12.1 Å². The smallest absolute Gasteiger partial charge is 0.285 e. The first-order valence-corrected chi connectivity index (χ1v) is 5.33. The van der Waals surface area contributed by atoms with Crippen LogP contribution in [0.4, 0.5) is 0 Å². The lowest BCUT2D eigenvalue weighted by molar-refractivity contribution is 0.474. The Balaban J connectivity index is 2.75. The Morgan fingerprint density at radius 2 is 2.00 bits per heavy atom. The first-order chi connectivity index (χ1) is 6.49. The van der Waals surface area contributed by atoms with Crippen molar-refractivity contribution in [3.63, 3.8) is 0 Å². The van der Waals surface area contributed by atoms with Gasteiger partial charge in [0.1, 0.15) is 5.75 Å². The van der Waals surface area contributed by atoms with Gasteiger partial charge in [0.15, 0.2) is 5.88 Å². The Kier molecular flexibility index (Phi) is 3.21. The molecule has 0 aliphatic rings. The Bertz CT molecular complexity index is 438. The third kappa shape index (κ3) is 3.55. The molecule has 5 nitrogen and oxygen atoms in total. The summed E-state index contributed by atoms with van der Waals surface area (Å²) in [5, 5.41) is 9.24. The number of rotatable bonds is 3. The molecule has 14 heavy (non-hydrogen) atoms. The number of para-hydroxylation sites is 1. The lowest BCUT2D eigenvalue weighted by Crippen LogP contribution is -2.01. The molecule has 0 radical (unpaired) electrons. The fourth-order valence-corrected chi connectivity index (χ4v) is 1.09. The van der Waals surface area contributed by atoms with Gasteiger partial charge in [-0.1, -0.05) is 12.1 Å². The second kappa shape index (κ2) is 4.21. The Labute approximate surface area is 81.5 Å². The zero-order chi connectivity index (χ0) is 10.6. The van der Waals surface area contributed by atoms with Gasteiger partial charge in [-0.2, -0.15) is 8.42 Å². The van der Waals surface area contributed by atoms with Gasteiger partial charge in [0.05, 0.1) is 0 Å². The molecule has 6 heteroatoms. The van der Waals surface area contributed by atoms with Crippen molar-refractivity contribution >= 4 is 16.3 Å². The predicted molar refractivity (Wildman–Crippen MR) is 52.1 cm³/mol. The average Bonchev–Trinajstić information content (AvgIpc) is 2.06. The molecule has 0 aromatic heterocycles. The van der Waals surface area contributed by atoms with E-state index in [1.165, 1.54) is 12.3 Å². The molecule has 0 aliphatic heterocycles. The minimum atomic E-state index is -4.09. The van der Waals surface area contributed by atoms with E-state index in [0.717, 1.165) is 0 Å². The third-order valence-electron chi connectivity index (χ3n) is 1.40. The monoisotopic (exact) mass is 215 g/mol. The van der Waals surface area contributed by atoms with Crippen molar-refractivity contribution in [1.82, 2.24) is 0 Å². The summed E-state index contributed by atoms with van der Waals surface area (Å²) < 4.78 is 28.9. The van der Waals surface area contributed by atoms with Crippen molar-refractivity contribution in [3.8, 4) is 5.75 Å². The van der Waals surface area contributed by atoms with Gasteiger partial charge in [0.2, 0.25) is 0 Å². The van der Waals surface area contributed by atoms with E-state index in [9.17, 15) is 13.5 Å². The maximum absolute atomic E-state index is 10.3. The van der Waals surface area contributed by atoms with Crippen molar-refractivity contribution in [2.45, 2.75) is 0 Å². The van der Waals surface area contributed by atoms with E-state index < -0.39 is 16.0 Å². The van der Waals surface area contributed by atoms with Crippen molar-refractivity contribution in [2.24, 2.45) is 4.99 Å². The predicted octanol–water partition coefficient (Wildman–Crippen LogP) is 0.656. The van der Waals surface area contributed by atoms with E-state index in [1.54, 1.807) is 18.2 Å². The zero-order valence-corrected chi connectivity index (χ0v) is 7.98. The molecule has 0 atom stereocenters. The molecule has 1 rings (SSSR count). The van der Waals surface area contributed by atoms with E-state index in [-0.39, 0.29) is 5.75 Å². The molecule has 0 aliphatic carbocycles. The highest BCUT2D eigenvalue weighted by Crippen LogP contribution is 2.12. The Morgan fingerprint density at radius 3 is 2.57 bits per heavy atom. The second-order valence-electron chi connectivity index (χ2n) is 2.58. The largest absolute Gasteiger partial charge is 0.507 e. The molecule has 0 saturated carbocycles. The van der Waals surface area contributed by atoms with E-state index >= 15 is 0 Å². The molecule has 0 amide bonds. The minimum Gasteiger partial charge on any atom is -0.507 e. The number of aliphatic imine (C=N–C) groups is 1. The van der Waals surface area contributed by atoms with Crippen molar-refractivity contribution in [2.75, 3.05) is 5.88 Å². The minimum absolute atomic E-state index is 0.00610. The van der Waals surface area contributed by atoms with Crippen molar-refractivity contribution in [1.29, 1.82) is 0 Å². The number of hydrogen-bond donors (Lipinski definition) is 2. The summed E-state index contributed by atoms with van der Waals surface area (Å²) in [7, 11) is -4.09. The maximum Gasteiger partial charge on any atom is 0.285 e. The normalized spacial score (nSPS) is 12.1. The van der Waals surface area contributed by atoms with Gasteiger partial charge >= 0.3 is 0 Å². The molecule has 76 valence electrons. The summed E-state index contributed by atoms with van der Waals surface area (Å²) in [4.78, 5) is 3.45. The SMILES string of the molecule is O=S(=O)(O)C/N=C/c1ccccc1O. The maximum atomic E-state index is 10.3.